The molecule has 1 N–H and O–H groups in total. The van der Waals surface area contributed by atoms with Crippen molar-refractivity contribution in [3.63, 3.8) is 0 Å². The van der Waals surface area contributed by atoms with E-state index in [9.17, 15) is 13.5 Å². The van der Waals surface area contributed by atoms with Crippen LogP contribution in [0.1, 0.15) is 48.0 Å². The van der Waals surface area contributed by atoms with E-state index in [2.05, 4.69) is 0 Å². The zero-order chi connectivity index (χ0) is 21.6. The van der Waals surface area contributed by atoms with E-state index >= 15 is 8.78 Å². The maximum Gasteiger partial charge on any atom is 0.380 e. The first kappa shape index (κ1) is 22.9. The van der Waals surface area contributed by atoms with E-state index in [0.29, 0.717) is 0 Å². The fraction of sp³-hybridized carbons (Fsp3) is 0.600. The van der Waals surface area contributed by atoms with Crippen LogP contribution in [0.15, 0.2) is 46.9 Å². The quantitative estimate of drug-likeness (QED) is 0.705. The molecule has 0 aliphatic carbocycles. The molecule has 8 heteroatoms. The summed E-state index contributed by atoms with van der Waals surface area (Å²) >= 11 is 0. The van der Waals surface area contributed by atoms with Gasteiger partial charge in [-0.1, -0.05) is 36.8 Å². The third-order valence-corrected chi connectivity index (χ3v) is 6.75. The summed E-state index contributed by atoms with van der Waals surface area (Å²) < 4.78 is 68.1. The van der Waals surface area contributed by atoms with Crippen molar-refractivity contribution in [3.05, 3.63) is 42.0 Å². The van der Waals surface area contributed by atoms with Crippen molar-refractivity contribution < 1.29 is 31.8 Å². The molecule has 28 heavy (non-hydrogen) atoms. The van der Waals surface area contributed by atoms with Crippen LogP contribution < -0.4 is 0 Å². The topological polar surface area (TPSA) is 72.8 Å². The average Bonchev–Trinajstić information content (AvgIpc) is 2.82. The smallest absolute Gasteiger partial charge is 0.380 e. The second-order valence-electron chi connectivity index (χ2n) is 8.02. The van der Waals surface area contributed by atoms with Gasteiger partial charge in [-0.25, -0.2) is 8.42 Å². The van der Waals surface area contributed by atoms with Crippen LogP contribution in [0.5, 0.6) is 0 Å². The number of halogens is 2. The second-order valence-corrected chi connectivity index (χ2v) is 10.0. The molecule has 158 valence electrons. The van der Waals surface area contributed by atoms with E-state index in [0.717, 1.165) is 17.7 Å². The summed E-state index contributed by atoms with van der Waals surface area (Å²) in [7, 11) is -5.20. The van der Waals surface area contributed by atoms with E-state index in [1.165, 1.54) is 45.9 Å². The molecule has 0 saturated carbocycles. The van der Waals surface area contributed by atoms with Gasteiger partial charge < -0.3 is 14.6 Å². The van der Waals surface area contributed by atoms with Crippen molar-refractivity contribution in [1.29, 1.82) is 0 Å². The number of aliphatic hydroxyl groups is 1. The van der Waals surface area contributed by atoms with Crippen molar-refractivity contribution in [2.24, 2.45) is 0 Å². The molecule has 2 rings (SSSR count). The van der Waals surface area contributed by atoms with Crippen molar-refractivity contribution in [3.8, 4) is 0 Å². The standard InChI is InChI=1S/C20H28F2O5S/c1-7-19(23,16-18(6,13-14(2)3)27-17(4,5)26-16)20(21,22)28(24,25)15-11-9-8-10-12-15/h8-13,16,23H,7H2,1-6H3/t16-,18-,19+/m0/s1. The Morgan fingerprint density at radius 2 is 1.75 bits per heavy atom. The van der Waals surface area contributed by atoms with E-state index in [4.69, 9.17) is 9.47 Å². The first-order chi connectivity index (χ1) is 12.6. The summed E-state index contributed by atoms with van der Waals surface area (Å²) in [6.45, 7) is 9.37. The number of sulfone groups is 1. The lowest BCUT2D eigenvalue weighted by molar-refractivity contribution is -0.216. The van der Waals surface area contributed by atoms with Crippen LogP contribution in [0, 0.1) is 0 Å². The molecule has 3 atom stereocenters. The van der Waals surface area contributed by atoms with E-state index in [1.54, 1.807) is 19.9 Å². The second kappa shape index (κ2) is 7.16. The Labute approximate surface area is 165 Å². The third kappa shape index (κ3) is 3.63. The Bertz CT molecular complexity index is 847. The highest BCUT2D eigenvalue weighted by atomic mass is 32.2. The van der Waals surface area contributed by atoms with Gasteiger partial charge in [0.05, 0.1) is 4.90 Å². The van der Waals surface area contributed by atoms with Gasteiger partial charge in [0, 0.05) is 0 Å². The SMILES string of the molecule is CC[C@@](O)([C@H]1OC(C)(C)O[C@@]1(C)C=C(C)C)C(F)(F)S(=O)(=O)c1ccccc1. The number of rotatable bonds is 6. The summed E-state index contributed by atoms with van der Waals surface area (Å²) in [6.07, 6.45) is -0.621. The Balaban J connectivity index is 2.66. The predicted octanol–water partition coefficient (Wildman–Crippen LogP) is 4.07. The van der Waals surface area contributed by atoms with Gasteiger partial charge in [0.1, 0.15) is 11.7 Å². The summed E-state index contributed by atoms with van der Waals surface area (Å²) in [6, 6.07) is 6.36. The van der Waals surface area contributed by atoms with Crippen LogP contribution in [0.25, 0.3) is 0 Å². The van der Waals surface area contributed by atoms with E-state index in [-0.39, 0.29) is 0 Å². The molecule has 0 bridgehead atoms. The van der Waals surface area contributed by atoms with Crippen LogP contribution in [0.2, 0.25) is 0 Å². The van der Waals surface area contributed by atoms with E-state index < -0.39 is 49.5 Å². The summed E-state index contributed by atoms with van der Waals surface area (Å²) in [5, 5.41) is 6.64. The molecule has 0 unspecified atom stereocenters. The summed E-state index contributed by atoms with van der Waals surface area (Å²) in [4.78, 5) is -0.575. The maximum atomic E-state index is 15.5. The highest BCUT2D eigenvalue weighted by molar-refractivity contribution is 7.92. The lowest BCUT2D eigenvalue weighted by Crippen LogP contribution is -2.64. The van der Waals surface area contributed by atoms with Gasteiger partial charge >= 0.3 is 5.25 Å². The Morgan fingerprint density at radius 3 is 2.21 bits per heavy atom. The monoisotopic (exact) mass is 418 g/mol. The fourth-order valence-electron chi connectivity index (χ4n) is 3.78. The lowest BCUT2D eigenvalue weighted by Gasteiger charge is -2.42. The van der Waals surface area contributed by atoms with Crippen molar-refractivity contribution in [2.45, 2.75) is 81.2 Å². The number of allylic oxidation sites excluding steroid dienone is 1. The van der Waals surface area contributed by atoms with Crippen molar-refractivity contribution >= 4 is 9.84 Å². The minimum atomic E-state index is -5.20. The average molecular weight is 419 g/mol. The van der Waals surface area contributed by atoms with Crippen molar-refractivity contribution in [1.82, 2.24) is 0 Å². The summed E-state index contributed by atoms with van der Waals surface area (Å²) in [5.41, 5.74) is -3.74. The zero-order valence-electron chi connectivity index (χ0n) is 17.0. The largest absolute Gasteiger partial charge is 0.380 e. The predicted molar refractivity (Wildman–Crippen MR) is 102 cm³/mol. The molecule has 1 aliphatic heterocycles. The lowest BCUT2D eigenvalue weighted by atomic mass is 9.82. The number of ether oxygens (including phenoxy) is 2. The number of hydrogen-bond donors (Lipinski definition) is 1. The minimum absolute atomic E-state index is 0.567. The van der Waals surface area contributed by atoms with Crippen LogP contribution in [0.4, 0.5) is 8.78 Å². The summed E-state index contributed by atoms with van der Waals surface area (Å²) in [5.74, 6) is -1.29. The highest BCUT2D eigenvalue weighted by Crippen LogP contribution is 2.51. The number of benzene rings is 1. The molecule has 0 radical (unpaired) electrons. The normalized spacial score (nSPS) is 27.2. The molecule has 5 nitrogen and oxygen atoms in total. The van der Waals surface area contributed by atoms with Gasteiger partial charge in [0.2, 0.25) is 9.84 Å². The molecule has 1 heterocycles. The van der Waals surface area contributed by atoms with E-state index in [1.807, 2.05) is 0 Å². The molecule has 1 fully saturated rings. The Kier molecular flexibility index (Phi) is 5.87. The molecule has 0 aromatic heterocycles. The van der Waals surface area contributed by atoms with Crippen molar-refractivity contribution in [2.75, 3.05) is 0 Å². The fourth-order valence-corrected chi connectivity index (χ4v) is 5.31. The van der Waals surface area contributed by atoms with Crippen LogP contribution >= 0.6 is 0 Å². The Hall–Kier alpha value is -1.35. The molecule has 1 saturated heterocycles. The third-order valence-electron chi connectivity index (χ3n) is 4.83. The Morgan fingerprint density at radius 1 is 1.21 bits per heavy atom. The molecule has 0 amide bonds. The number of alkyl halides is 2. The molecule has 0 spiro atoms. The van der Waals surface area contributed by atoms with Gasteiger partial charge in [-0.3, -0.25) is 0 Å². The molecule has 1 aromatic rings. The maximum absolute atomic E-state index is 15.5. The molecule has 1 aliphatic rings. The van der Waals surface area contributed by atoms with Gasteiger partial charge in [0.25, 0.3) is 0 Å². The highest BCUT2D eigenvalue weighted by Gasteiger charge is 2.71. The number of hydrogen-bond acceptors (Lipinski definition) is 5. The van der Waals surface area contributed by atoms with Crippen LogP contribution in [-0.2, 0) is 19.3 Å². The van der Waals surface area contributed by atoms with Gasteiger partial charge in [-0.2, -0.15) is 8.78 Å². The molecular formula is C20H28F2O5S. The van der Waals surface area contributed by atoms with Gasteiger partial charge in [0.15, 0.2) is 11.4 Å². The van der Waals surface area contributed by atoms with Gasteiger partial charge in [-0.05, 0) is 53.2 Å². The van der Waals surface area contributed by atoms with Crippen LogP contribution in [0.3, 0.4) is 0 Å². The van der Waals surface area contributed by atoms with Gasteiger partial charge in [-0.15, -0.1) is 0 Å². The van der Waals surface area contributed by atoms with Crippen LogP contribution in [-0.4, -0.2) is 41.9 Å². The molecular weight excluding hydrogens is 390 g/mol. The first-order valence-electron chi connectivity index (χ1n) is 9.07. The minimum Gasteiger partial charge on any atom is -0.380 e. The molecule has 1 aromatic carbocycles. The zero-order valence-corrected chi connectivity index (χ0v) is 17.8. The first-order valence-corrected chi connectivity index (χ1v) is 10.6.